The molecular formula is C15H18N2O5. The van der Waals surface area contributed by atoms with E-state index in [0.29, 0.717) is 25.1 Å². The highest BCUT2D eigenvalue weighted by Gasteiger charge is 2.33. The fraction of sp³-hybridized carbons (Fsp3) is 0.400. The standard InChI is InChI=1S/C15H18N2O5/c18-11-5-3-10(4-6-11)16-13(19)7-8-14(20)17-9-1-2-12(17)15(21)22/h3-6,12,18H,1-2,7-9H2,(H,16,19)(H,21,22). The van der Waals surface area contributed by atoms with Crippen LogP contribution in [0.4, 0.5) is 5.69 Å². The predicted octanol–water partition coefficient (Wildman–Crippen LogP) is 1.19. The van der Waals surface area contributed by atoms with Gasteiger partial charge in [-0.3, -0.25) is 9.59 Å². The molecule has 0 spiro atoms. The SMILES string of the molecule is O=C(CCC(=O)N1CCCC1C(=O)O)Nc1ccc(O)cc1. The molecule has 0 aliphatic carbocycles. The Balaban J connectivity index is 1.81. The van der Waals surface area contributed by atoms with E-state index in [1.165, 1.54) is 17.0 Å². The summed E-state index contributed by atoms with van der Waals surface area (Å²) in [4.78, 5) is 36.1. The number of nitrogens with zero attached hydrogens (tertiary/aromatic N) is 1. The molecule has 1 aromatic rings. The van der Waals surface area contributed by atoms with E-state index in [-0.39, 0.29) is 30.4 Å². The van der Waals surface area contributed by atoms with Gasteiger partial charge in [0, 0.05) is 25.1 Å². The van der Waals surface area contributed by atoms with Crippen LogP contribution in [0, 0.1) is 0 Å². The highest BCUT2D eigenvalue weighted by Crippen LogP contribution is 2.19. The van der Waals surface area contributed by atoms with Crippen LogP contribution in [0.15, 0.2) is 24.3 Å². The van der Waals surface area contributed by atoms with E-state index in [9.17, 15) is 14.4 Å². The van der Waals surface area contributed by atoms with Crippen LogP contribution in [0.2, 0.25) is 0 Å². The Labute approximate surface area is 127 Å². The topological polar surface area (TPSA) is 107 Å². The van der Waals surface area contributed by atoms with E-state index in [1.807, 2.05) is 0 Å². The van der Waals surface area contributed by atoms with E-state index < -0.39 is 12.0 Å². The third kappa shape index (κ3) is 3.97. The van der Waals surface area contributed by atoms with E-state index >= 15 is 0 Å². The molecule has 0 bridgehead atoms. The Hall–Kier alpha value is -2.57. The second-order valence-electron chi connectivity index (χ2n) is 5.18. The van der Waals surface area contributed by atoms with Gasteiger partial charge in [-0.15, -0.1) is 0 Å². The third-order valence-electron chi connectivity index (χ3n) is 3.58. The number of likely N-dealkylation sites (tertiary alicyclic amines) is 1. The fourth-order valence-electron chi connectivity index (χ4n) is 2.45. The molecule has 1 saturated heterocycles. The number of hydrogen-bond donors (Lipinski definition) is 3. The van der Waals surface area contributed by atoms with Gasteiger partial charge in [0.25, 0.3) is 0 Å². The number of rotatable bonds is 5. The Bertz CT molecular complexity index is 570. The number of phenols is 1. The number of nitrogens with one attached hydrogen (secondary N) is 1. The molecule has 2 rings (SSSR count). The number of carboxylic acid groups (broad SMARTS) is 1. The van der Waals surface area contributed by atoms with E-state index in [2.05, 4.69) is 5.32 Å². The van der Waals surface area contributed by atoms with Crippen LogP contribution in [-0.2, 0) is 14.4 Å². The number of aromatic hydroxyl groups is 1. The summed E-state index contributed by atoms with van der Waals surface area (Å²) in [7, 11) is 0. The zero-order valence-corrected chi connectivity index (χ0v) is 12.0. The molecule has 22 heavy (non-hydrogen) atoms. The van der Waals surface area contributed by atoms with Crippen molar-refractivity contribution in [2.75, 3.05) is 11.9 Å². The number of hydrogen-bond acceptors (Lipinski definition) is 4. The monoisotopic (exact) mass is 306 g/mol. The fourth-order valence-corrected chi connectivity index (χ4v) is 2.45. The number of carbonyl (C=O) groups excluding carboxylic acids is 2. The lowest BCUT2D eigenvalue weighted by Gasteiger charge is -2.21. The Morgan fingerprint density at radius 3 is 2.50 bits per heavy atom. The van der Waals surface area contributed by atoms with Gasteiger partial charge in [-0.1, -0.05) is 0 Å². The second-order valence-corrected chi connectivity index (χ2v) is 5.18. The molecule has 0 saturated carbocycles. The Morgan fingerprint density at radius 1 is 1.18 bits per heavy atom. The third-order valence-corrected chi connectivity index (χ3v) is 3.58. The number of carboxylic acids is 1. The lowest BCUT2D eigenvalue weighted by Crippen LogP contribution is -2.40. The van der Waals surface area contributed by atoms with Crippen molar-refractivity contribution in [1.29, 1.82) is 0 Å². The number of carbonyl (C=O) groups is 3. The molecule has 118 valence electrons. The minimum Gasteiger partial charge on any atom is -0.508 e. The van der Waals surface area contributed by atoms with Gasteiger partial charge in [0.2, 0.25) is 11.8 Å². The molecule has 7 heteroatoms. The maximum atomic E-state index is 12.0. The summed E-state index contributed by atoms with van der Waals surface area (Å²) in [6, 6.07) is 5.23. The Kier molecular flexibility index (Phi) is 4.98. The van der Waals surface area contributed by atoms with E-state index in [4.69, 9.17) is 10.2 Å². The van der Waals surface area contributed by atoms with Crippen LogP contribution in [-0.4, -0.2) is 45.5 Å². The average Bonchev–Trinajstić information content (AvgIpc) is 2.97. The van der Waals surface area contributed by atoms with Crippen LogP contribution in [0.3, 0.4) is 0 Å². The van der Waals surface area contributed by atoms with Gasteiger partial charge in [-0.2, -0.15) is 0 Å². The molecule has 1 unspecified atom stereocenters. The average molecular weight is 306 g/mol. The smallest absolute Gasteiger partial charge is 0.326 e. The first-order chi connectivity index (χ1) is 10.5. The Morgan fingerprint density at radius 2 is 1.86 bits per heavy atom. The number of phenolic OH excluding ortho intramolecular Hbond substituents is 1. The van der Waals surface area contributed by atoms with Crippen LogP contribution in [0.5, 0.6) is 5.75 Å². The summed E-state index contributed by atoms with van der Waals surface area (Å²) in [6.07, 6.45) is 1.10. The van der Waals surface area contributed by atoms with Crippen molar-refractivity contribution in [3.8, 4) is 5.75 Å². The van der Waals surface area contributed by atoms with Crippen molar-refractivity contribution in [1.82, 2.24) is 4.90 Å². The van der Waals surface area contributed by atoms with Crippen molar-refractivity contribution in [3.05, 3.63) is 24.3 Å². The van der Waals surface area contributed by atoms with Crippen molar-refractivity contribution >= 4 is 23.5 Å². The minimum atomic E-state index is -1.00. The summed E-state index contributed by atoms with van der Waals surface area (Å²) >= 11 is 0. The molecule has 1 atom stereocenters. The van der Waals surface area contributed by atoms with Gasteiger partial charge in [-0.25, -0.2) is 4.79 Å². The summed E-state index contributed by atoms with van der Waals surface area (Å²) in [5, 5.41) is 20.8. The number of amides is 2. The summed E-state index contributed by atoms with van der Waals surface area (Å²) in [5.74, 6) is -1.54. The van der Waals surface area contributed by atoms with Gasteiger partial charge >= 0.3 is 5.97 Å². The molecule has 1 aliphatic heterocycles. The number of aliphatic carboxylic acids is 1. The van der Waals surface area contributed by atoms with Gasteiger partial charge in [0.1, 0.15) is 11.8 Å². The summed E-state index contributed by atoms with van der Waals surface area (Å²) in [5.41, 5.74) is 0.528. The lowest BCUT2D eigenvalue weighted by atomic mass is 10.2. The van der Waals surface area contributed by atoms with Gasteiger partial charge in [0.15, 0.2) is 0 Å². The van der Waals surface area contributed by atoms with Crippen LogP contribution in [0.25, 0.3) is 0 Å². The molecule has 3 N–H and O–H groups in total. The van der Waals surface area contributed by atoms with E-state index in [0.717, 1.165) is 0 Å². The molecular weight excluding hydrogens is 288 g/mol. The molecule has 2 amide bonds. The molecule has 1 heterocycles. The highest BCUT2D eigenvalue weighted by atomic mass is 16.4. The van der Waals surface area contributed by atoms with Crippen LogP contribution >= 0.6 is 0 Å². The summed E-state index contributed by atoms with van der Waals surface area (Å²) in [6.45, 7) is 0.426. The first-order valence-corrected chi connectivity index (χ1v) is 7.08. The maximum absolute atomic E-state index is 12.0. The van der Waals surface area contributed by atoms with Crippen molar-refractivity contribution < 1.29 is 24.6 Å². The van der Waals surface area contributed by atoms with Gasteiger partial charge in [0.05, 0.1) is 0 Å². The minimum absolute atomic E-state index is 0.0114. The zero-order valence-electron chi connectivity index (χ0n) is 12.0. The quantitative estimate of drug-likeness (QED) is 0.708. The van der Waals surface area contributed by atoms with Crippen LogP contribution < -0.4 is 5.32 Å². The highest BCUT2D eigenvalue weighted by molar-refractivity contribution is 5.94. The summed E-state index contributed by atoms with van der Waals surface area (Å²) < 4.78 is 0. The predicted molar refractivity (Wildman–Crippen MR) is 78.3 cm³/mol. The zero-order chi connectivity index (χ0) is 16.1. The van der Waals surface area contributed by atoms with Crippen molar-refractivity contribution in [3.63, 3.8) is 0 Å². The molecule has 0 aromatic heterocycles. The molecule has 7 nitrogen and oxygen atoms in total. The molecule has 1 aliphatic rings. The van der Waals surface area contributed by atoms with Crippen LogP contribution in [0.1, 0.15) is 25.7 Å². The first-order valence-electron chi connectivity index (χ1n) is 7.08. The first kappa shape index (κ1) is 15.8. The maximum Gasteiger partial charge on any atom is 0.326 e. The second kappa shape index (κ2) is 6.93. The molecule has 0 radical (unpaired) electrons. The lowest BCUT2D eigenvalue weighted by molar-refractivity contribution is -0.148. The number of benzene rings is 1. The van der Waals surface area contributed by atoms with E-state index in [1.54, 1.807) is 12.1 Å². The van der Waals surface area contributed by atoms with Crippen molar-refractivity contribution in [2.45, 2.75) is 31.7 Å². The molecule has 1 fully saturated rings. The van der Waals surface area contributed by atoms with Gasteiger partial charge in [-0.05, 0) is 37.1 Å². The number of anilines is 1. The normalized spacial score (nSPS) is 17.3. The largest absolute Gasteiger partial charge is 0.508 e. The van der Waals surface area contributed by atoms with Gasteiger partial charge < -0.3 is 20.4 Å². The van der Waals surface area contributed by atoms with Crippen molar-refractivity contribution in [2.24, 2.45) is 0 Å². The molecule has 1 aromatic carbocycles.